The molecule has 2 rings (SSSR count). The number of hydrogen-bond acceptors (Lipinski definition) is 2. The van der Waals surface area contributed by atoms with Gasteiger partial charge >= 0.3 is 0 Å². The van der Waals surface area contributed by atoms with Gasteiger partial charge in [0, 0.05) is 23.2 Å². The van der Waals surface area contributed by atoms with Crippen molar-refractivity contribution in [3.63, 3.8) is 0 Å². The molecule has 1 atom stereocenters. The Kier molecular flexibility index (Phi) is 5.74. The summed E-state index contributed by atoms with van der Waals surface area (Å²) in [6.07, 6.45) is 0.713. The first-order valence-corrected chi connectivity index (χ1v) is 7.37. The van der Waals surface area contributed by atoms with Crippen molar-refractivity contribution in [3.05, 3.63) is 70.5 Å². The molecule has 0 heterocycles. The van der Waals surface area contributed by atoms with Crippen LogP contribution in [0.15, 0.2) is 48.5 Å². The molecule has 0 spiro atoms. The maximum absolute atomic E-state index is 13.6. The Morgan fingerprint density at radius 1 is 1.14 bits per heavy atom. The largest absolute Gasteiger partial charge is 0.324 e. The molecule has 0 saturated heterocycles. The first-order valence-electron chi connectivity index (χ1n) is 6.99. The standard InChI is InChI=1S/C17H20ClFN2/c1-21(12-13-6-8-14(18)9-7-13)11-10-17(20)15-4-2-3-5-16(15)19/h2-9,17H,10-12,20H2,1H3. The molecule has 0 fully saturated rings. The zero-order valence-corrected chi connectivity index (χ0v) is 12.9. The number of rotatable bonds is 6. The normalized spacial score (nSPS) is 12.6. The van der Waals surface area contributed by atoms with E-state index in [-0.39, 0.29) is 11.9 Å². The maximum atomic E-state index is 13.6. The Morgan fingerprint density at radius 3 is 2.48 bits per heavy atom. The fourth-order valence-electron chi connectivity index (χ4n) is 2.27. The highest BCUT2D eigenvalue weighted by Crippen LogP contribution is 2.18. The molecule has 2 nitrogen and oxygen atoms in total. The summed E-state index contributed by atoms with van der Waals surface area (Å²) in [4.78, 5) is 2.17. The van der Waals surface area contributed by atoms with Crippen LogP contribution in [0, 0.1) is 5.82 Å². The molecule has 1 unspecified atom stereocenters. The topological polar surface area (TPSA) is 29.3 Å². The highest BCUT2D eigenvalue weighted by atomic mass is 35.5. The van der Waals surface area contributed by atoms with Crippen LogP contribution >= 0.6 is 11.6 Å². The number of nitrogens with two attached hydrogens (primary N) is 1. The van der Waals surface area contributed by atoms with Crippen LogP contribution in [0.1, 0.15) is 23.6 Å². The van der Waals surface area contributed by atoms with E-state index in [9.17, 15) is 4.39 Å². The van der Waals surface area contributed by atoms with Crippen LogP contribution in [-0.2, 0) is 6.54 Å². The molecular formula is C17H20ClFN2. The lowest BCUT2D eigenvalue weighted by molar-refractivity contribution is 0.310. The summed E-state index contributed by atoms with van der Waals surface area (Å²) in [5.41, 5.74) is 7.85. The highest BCUT2D eigenvalue weighted by Gasteiger charge is 2.11. The second kappa shape index (κ2) is 7.55. The fraction of sp³-hybridized carbons (Fsp3) is 0.294. The minimum Gasteiger partial charge on any atom is -0.324 e. The Balaban J connectivity index is 1.85. The smallest absolute Gasteiger partial charge is 0.127 e. The zero-order chi connectivity index (χ0) is 15.2. The summed E-state index contributed by atoms with van der Waals surface area (Å²) < 4.78 is 13.6. The average Bonchev–Trinajstić information content (AvgIpc) is 2.48. The van der Waals surface area contributed by atoms with Crippen LogP contribution in [-0.4, -0.2) is 18.5 Å². The van der Waals surface area contributed by atoms with Gasteiger partial charge in [-0.2, -0.15) is 0 Å². The van der Waals surface area contributed by atoms with Gasteiger partial charge in [0.05, 0.1) is 0 Å². The molecule has 2 aromatic rings. The molecule has 0 saturated carbocycles. The number of halogens is 2. The van der Waals surface area contributed by atoms with E-state index in [1.54, 1.807) is 12.1 Å². The van der Waals surface area contributed by atoms with Gasteiger partial charge in [0.1, 0.15) is 5.82 Å². The average molecular weight is 307 g/mol. The first kappa shape index (κ1) is 16.0. The van der Waals surface area contributed by atoms with E-state index in [1.165, 1.54) is 11.6 Å². The minimum atomic E-state index is -0.279. The van der Waals surface area contributed by atoms with Gasteiger partial charge in [-0.15, -0.1) is 0 Å². The van der Waals surface area contributed by atoms with Crippen LogP contribution in [0.25, 0.3) is 0 Å². The Labute approximate surface area is 130 Å². The van der Waals surface area contributed by atoms with Crippen molar-refractivity contribution in [2.24, 2.45) is 5.73 Å². The summed E-state index contributed by atoms with van der Waals surface area (Å²) in [5.74, 6) is -0.231. The van der Waals surface area contributed by atoms with Crippen molar-refractivity contribution in [3.8, 4) is 0 Å². The van der Waals surface area contributed by atoms with Crippen molar-refractivity contribution in [2.45, 2.75) is 19.0 Å². The van der Waals surface area contributed by atoms with E-state index >= 15 is 0 Å². The molecule has 0 aromatic heterocycles. The van der Waals surface area contributed by atoms with E-state index < -0.39 is 0 Å². The third kappa shape index (κ3) is 4.81. The highest BCUT2D eigenvalue weighted by molar-refractivity contribution is 6.30. The Hall–Kier alpha value is -1.42. The summed E-state index contributed by atoms with van der Waals surface area (Å²) in [7, 11) is 2.03. The van der Waals surface area contributed by atoms with Crippen LogP contribution in [0.2, 0.25) is 5.02 Å². The second-order valence-corrected chi connectivity index (χ2v) is 5.72. The molecule has 0 aliphatic heterocycles. The van der Waals surface area contributed by atoms with Crippen molar-refractivity contribution in [1.82, 2.24) is 4.90 Å². The predicted octanol–water partition coefficient (Wildman–Crippen LogP) is 4.00. The van der Waals surface area contributed by atoms with Gasteiger partial charge in [-0.1, -0.05) is 41.9 Å². The Morgan fingerprint density at radius 2 is 1.81 bits per heavy atom. The molecule has 0 aliphatic carbocycles. The number of nitrogens with zero attached hydrogens (tertiary/aromatic N) is 1. The van der Waals surface area contributed by atoms with Crippen molar-refractivity contribution < 1.29 is 4.39 Å². The van der Waals surface area contributed by atoms with Gasteiger partial charge < -0.3 is 10.6 Å². The van der Waals surface area contributed by atoms with Gasteiger partial charge in [0.15, 0.2) is 0 Å². The SMILES string of the molecule is CN(CCC(N)c1ccccc1F)Cc1ccc(Cl)cc1. The number of benzene rings is 2. The third-order valence-electron chi connectivity index (χ3n) is 3.49. The van der Waals surface area contributed by atoms with Crippen LogP contribution in [0.4, 0.5) is 4.39 Å². The van der Waals surface area contributed by atoms with E-state index in [0.717, 1.165) is 18.1 Å². The lowest BCUT2D eigenvalue weighted by Gasteiger charge is -2.20. The van der Waals surface area contributed by atoms with E-state index in [4.69, 9.17) is 17.3 Å². The molecule has 0 amide bonds. The van der Waals surface area contributed by atoms with Crippen molar-refractivity contribution in [2.75, 3.05) is 13.6 Å². The van der Waals surface area contributed by atoms with Crippen LogP contribution in [0.3, 0.4) is 0 Å². The van der Waals surface area contributed by atoms with E-state index in [2.05, 4.69) is 4.90 Å². The Bertz CT molecular complexity index is 571. The fourth-order valence-corrected chi connectivity index (χ4v) is 2.40. The first-order chi connectivity index (χ1) is 10.1. The molecule has 4 heteroatoms. The van der Waals surface area contributed by atoms with Gasteiger partial charge in [-0.05, 0) is 43.8 Å². The lowest BCUT2D eigenvalue weighted by atomic mass is 10.0. The van der Waals surface area contributed by atoms with Crippen molar-refractivity contribution >= 4 is 11.6 Å². The predicted molar refractivity (Wildman–Crippen MR) is 85.7 cm³/mol. The maximum Gasteiger partial charge on any atom is 0.127 e. The van der Waals surface area contributed by atoms with Gasteiger partial charge in [0.25, 0.3) is 0 Å². The van der Waals surface area contributed by atoms with Gasteiger partial charge in [0.2, 0.25) is 0 Å². The van der Waals surface area contributed by atoms with Crippen molar-refractivity contribution in [1.29, 1.82) is 0 Å². The summed E-state index contributed by atoms with van der Waals surface area (Å²) in [5, 5.41) is 0.739. The molecule has 0 bridgehead atoms. The molecular weight excluding hydrogens is 287 g/mol. The minimum absolute atomic E-state index is 0.231. The number of hydrogen-bond donors (Lipinski definition) is 1. The lowest BCUT2D eigenvalue weighted by Crippen LogP contribution is -2.23. The molecule has 2 aromatic carbocycles. The van der Waals surface area contributed by atoms with Crippen LogP contribution < -0.4 is 5.73 Å². The molecule has 0 aliphatic rings. The van der Waals surface area contributed by atoms with E-state index in [1.807, 2.05) is 37.4 Å². The molecule has 2 N–H and O–H groups in total. The second-order valence-electron chi connectivity index (χ2n) is 5.28. The summed E-state index contributed by atoms with van der Waals surface area (Å²) in [6.45, 7) is 1.62. The molecule has 21 heavy (non-hydrogen) atoms. The quantitative estimate of drug-likeness (QED) is 0.874. The van der Waals surface area contributed by atoms with Gasteiger partial charge in [-0.3, -0.25) is 0 Å². The summed E-state index contributed by atoms with van der Waals surface area (Å²) >= 11 is 5.87. The third-order valence-corrected chi connectivity index (χ3v) is 3.74. The summed E-state index contributed by atoms with van der Waals surface area (Å²) in [6, 6.07) is 14.2. The van der Waals surface area contributed by atoms with E-state index in [0.29, 0.717) is 12.0 Å². The van der Waals surface area contributed by atoms with Crippen LogP contribution in [0.5, 0.6) is 0 Å². The van der Waals surface area contributed by atoms with Gasteiger partial charge in [-0.25, -0.2) is 4.39 Å². The molecule has 0 radical (unpaired) electrons. The zero-order valence-electron chi connectivity index (χ0n) is 12.1. The monoisotopic (exact) mass is 306 g/mol. The molecule has 112 valence electrons.